The fourth-order valence-corrected chi connectivity index (χ4v) is 9.43. The van der Waals surface area contributed by atoms with Crippen LogP contribution < -0.4 is 0 Å². The second-order valence-electron chi connectivity index (χ2n) is 15.2. The minimum Gasteiger partial charge on any atom is -0.0616 e. The fraction of sp³-hybridized carbons (Fsp3) is 0.0566. The Bertz CT molecular complexity index is 3130. The predicted octanol–water partition coefficient (Wildman–Crippen LogP) is 14.8. The number of fused-ring (bicyclic) bond motifs is 12. The maximum atomic E-state index is 2.45. The third-order valence-electron chi connectivity index (χ3n) is 12.0. The highest BCUT2D eigenvalue weighted by Crippen LogP contribution is 2.51. The summed E-state index contributed by atoms with van der Waals surface area (Å²) in [6, 6.07) is 67.9. The normalized spacial score (nSPS) is 13.2. The Labute approximate surface area is 309 Å². The molecule has 10 aromatic rings. The van der Waals surface area contributed by atoms with Gasteiger partial charge in [-0.25, -0.2) is 0 Å². The number of benzene rings is 10. The second kappa shape index (κ2) is 11.2. The highest BCUT2D eigenvalue weighted by Gasteiger charge is 2.36. The Morgan fingerprint density at radius 3 is 1.49 bits per heavy atom. The maximum Gasteiger partial charge on any atom is 0.0159 e. The molecule has 10 aromatic carbocycles. The van der Waals surface area contributed by atoms with E-state index < -0.39 is 0 Å². The van der Waals surface area contributed by atoms with Gasteiger partial charge in [-0.15, -0.1) is 0 Å². The van der Waals surface area contributed by atoms with Crippen molar-refractivity contribution in [3.05, 3.63) is 193 Å². The summed E-state index contributed by atoms with van der Waals surface area (Å²) in [4.78, 5) is 0. The van der Waals surface area contributed by atoms with E-state index in [0.29, 0.717) is 0 Å². The highest BCUT2D eigenvalue weighted by atomic mass is 14.4. The Morgan fingerprint density at radius 1 is 0.283 bits per heavy atom. The first-order chi connectivity index (χ1) is 26.0. The summed E-state index contributed by atoms with van der Waals surface area (Å²) >= 11 is 0. The molecule has 0 heterocycles. The Kier molecular flexibility index (Phi) is 6.40. The molecule has 248 valence electrons. The van der Waals surface area contributed by atoms with Gasteiger partial charge < -0.3 is 0 Å². The fourth-order valence-electron chi connectivity index (χ4n) is 9.43. The van der Waals surface area contributed by atoms with E-state index in [1.807, 2.05) is 0 Å². The van der Waals surface area contributed by atoms with E-state index >= 15 is 0 Å². The van der Waals surface area contributed by atoms with E-state index in [9.17, 15) is 0 Å². The van der Waals surface area contributed by atoms with E-state index in [-0.39, 0.29) is 5.41 Å². The van der Waals surface area contributed by atoms with E-state index in [2.05, 4.69) is 196 Å². The van der Waals surface area contributed by atoms with Crippen molar-refractivity contribution >= 4 is 53.9 Å². The van der Waals surface area contributed by atoms with Crippen molar-refractivity contribution in [1.82, 2.24) is 0 Å². The van der Waals surface area contributed by atoms with Gasteiger partial charge >= 0.3 is 0 Å². The molecule has 0 heteroatoms. The quantitative estimate of drug-likeness (QED) is 0.164. The summed E-state index contributed by atoms with van der Waals surface area (Å²) in [5.41, 5.74) is 12.9. The molecule has 53 heavy (non-hydrogen) atoms. The molecule has 0 fully saturated rings. The average Bonchev–Trinajstić information content (AvgIpc) is 3.45. The van der Waals surface area contributed by atoms with Gasteiger partial charge in [-0.1, -0.05) is 172 Å². The van der Waals surface area contributed by atoms with Crippen molar-refractivity contribution in [2.45, 2.75) is 19.3 Å². The van der Waals surface area contributed by atoms with Gasteiger partial charge in [0.15, 0.2) is 0 Å². The SMILES string of the molecule is CC1(C)c2cc(-c3cccc(-c4cc5c6ccccc6c6ccccc6c5c5ccccc45)c3)ccc2-c2ccc(-c3cccc4ccccc34)cc21. The first-order valence-corrected chi connectivity index (χ1v) is 18.7. The van der Waals surface area contributed by atoms with Gasteiger partial charge in [0, 0.05) is 5.41 Å². The van der Waals surface area contributed by atoms with Crippen LogP contribution >= 0.6 is 0 Å². The molecule has 0 aliphatic heterocycles. The van der Waals surface area contributed by atoms with Crippen LogP contribution in [0.4, 0.5) is 0 Å². The van der Waals surface area contributed by atoms with E-state index in [4.69, 9.17) is 0 Å². The number of hydrogen-bond acceptors (Lipinski definition) is 0. The zero-order chi connectivity index (χ0) is 35.3. The van der Waals surface area contributed by atoms with E-state index in [1.165, 1.54) is 109 Å². The molecule has 0 amide bonds. The third-order valence-corrected chi connectivity index (χ3v) is 12.0. The van der Waals surface area contributed by atoms with Gasteiger partial charge in [0.2, 0.25) is 0 Å². The highest BCUT2D eigenvalue weighted by molar-refractivity contribution is 6.33. The van der Waals surface area contributed by atoms with Crippen molar-refractivity contribution in [2.24, 2.45) is 0 Å². The lowest BCUT2D eigenvalue weighted by Crippen LogP contribution is -2.15. The molecule has 1 aliphatic rings. The summed E-state index contributed by atoms with van der Waals surface area (Å²) in [6.45, 7) is 4.78. The molecule has 0 spiro atoms. The number of rotatable bonds is 3. The van der Waals surface area contributed by atoms with Gasteiger partial charge in [0.25, 0.3) is 0 Å². The zero-order valence-electron chi connectivity index (χ0n) is 29.8. The molecule has 0 nitrogen and oxygen atoms in total. The molecule has 0 unspecified atom stereocenters. The molecule has 0 saturated heterocycles. The summed E-state index contributed by atoms with van der Waals surface area (Å²) in [5, 5.41) is 13.0. The molecular formula is C53H36. The topological polar surface area (TPSA) is 0 Å². The Morgan fingerprint density at radius 2 is 0.755 bits per heavy atom. The van der Waals surface area contributed by atoms with Gasteiger partial charge in [0.05, 0.1) is 0 Å². The molecule has 0 radical (unpaired) electrons. The summed E-state index contributed by atoms with van der Waals surface area (Å²) in [7, 11) is 0. The van der Waals surface area contributed by atoms with Gasteiger partial charge in [-0.3, -0.25) is 0 Å². The van der Waals surface area contributed by atoms with Crippen LogP contribution in [0, 0.1) is 0 Å². The van der Waals surface area contributed by atoms with Gasteiger partial charge in [-0.2, -0.15) is 0 Å². The smallest absolute Gasteiger partial charge is 0.0159 e. The van der Waals surface area contributed by atoms with Crippen LogP contribution in [0.15, 0.2) is 182 Å². The predicted molar refractivity (Wildman–Crippen MR) is 228 cm³/mol. The van der Waals surface area contributed by atoms with Crippen LogP contribution in [-0.2, 0) is 5.41 Å². The van der Waals surface area contributed by atoms with Crippen LogP contribution in [-0.4, -0.2) is 0 Å². The summed E-state index contributed by atoms with van der Waals surface area (Å²) < 4.78 is 0. The van der Waals surface area contributed by atoms with Crippen molar-refractivity contribution in [3.63, 3.8) is 0 Å². The molecule has 0 bridgehead atoms. The van der Waals surface area contributed by atoms with Crippen LogP contribution in [0.1, 0.15) is 25.0 Å². The molecule has 1 aliphatic carbocycles. The third kappa shape index (κ3) is 4.42. The molecule has 0 N–H and O–H groups in total. The van der Waals surface area contributed by atoms with Crippen LogP contribution in [0.2, 0.25) is 0 Å². The molecule has 11 rings (SSSR count). The maximum absolute atomic E-state index is 2.45. The standard InChI is InChI=1S/C53H36/c1-53(2)50-30-35(25-27-44(50)45-28-26-37(31-51(45)53)39-24-12-14-33-13-3-4-17-38(33)39)34-15-11-16-36(29-34)48-32-49-42-20-6-5-18-40(42)41-19-7-9-22-46(41)52(49)47-23-10-8-21-43(47)48/h3-32H,1-2H3. The van der Waals surface area contributed by atoms with Gasteiger partial charge in [0.1, 0.15) is 0 Å². The molecular weight excluding hydrogens is 637 g/mol. The van der Waals surface area contributed by atoms with Crippen molar-refractivity contribution in [1.29, 1.82) is 0 Å². The lowest BCUT2D eigenvalue weighted by molar-refractivity contribution is 0.661. The minimum absolute atomic E-state index is 0.128. The average molecular weight is 673 g/mol. The summed E-state index contributed by atoms with van der Waals surface area (Å²) in [5.74, 6) is 0. The lowest BCUT2D eigenvalue weighted by atomic mass is 9.80. The lowest BCUT2D eigenvalue weighted by Gasteiger charge is -2.23. The zero-order valence-corrected chi connectivity index (χ0v) is 29.8. The second-order valence-corrected chi connectivity index (χ2v) is 15.2. The van der Waals surface area contributed by atoms with Crippen molar-refractivity contribution < 1.29 is 0 Å². The first-order valence-electron chi connectivity index (χ1n) is 18.7. The molecule has 0 saturated carbocycles. The molecule has 0 aromatic heterocycles. The van der Waals surface area contributed by atoms with E-state index in [1.54, 1.807) is 0 Å². The van der Waals surface area contributed by atoms with Gasteiger partial charge in [-0.05, 0) is 134 Å². The van der Waals surface area contributed by atoms with Crippen LogP contribution in [0.3, 0.4) is 0 Å². The van der Waals surface area contributed by atoms with E-state index in [0.717, 1.165) is 0 Å². The van der Waals surface area contributed by atoms with Crippen molar-refractivity contribution in [2.75, 3.05) is 0 Å². The Hall–Kier alpha value is -6.50. The van der Waals surface area contributed by atoms with Crippen molar-refractivity contribution in [3.8, 4) is 44.5 Å². The largest absolute Gasteiger partial charge is 0.0616 e. The number of hydrogen-bond donors (Lipinski definition) is 0. The van der Waals surface area contributed by atoms with Crippen LogP contribution in [0.5, 0.6) is 0 Å². The monoisotopic (exact) mass is 672 g/mol. The first kappa shape index (κ1) is 30.2. The summed E-state index contributed by atoms with van der Waals surface area (Å²) in [6.07, 6.45) is 0. The Balaban J connectivity index is 1.05. The molecule has 0 atom stereocenters. The minimum atomic E-state index is -0.128. The van der Waals surface area contributed by atoms with Crippen LogP contribution in [0.25, 0.3) is 98.4 Å².